The molecular weight excluding hydrogens is 204 g/mol. The Morgan fingerprint density at radius 2 is 2.19 bits per heavy atom. The minimum absolute atomic E-state index is 0.724. The third-order valence-electron chi connectivity index (χ3n) is 3.15. The molecule has 0 spiro atoms. The maximum atomic E-state index is 5.12. The largest absolute Gasteiger partial charge is 0.383 e. The summed E-state index contributed by atoms with van der Waals surface area (Å²) in [5.74, 6) is 0.724. The van der Waals surface area contributed by atoms with Gasteiger partial charge in [-0.3, -0.25) is 0 Å². The van der Waals surface area contributed by atoms with Crippen molar-refractivity contribution in [2.24, 2.45) is 5.92 Å². The predicted molar refractivity (Wildman–Crippen MR) is 61.1 cm³/mol. The number of hydrogen-bond donors (Lipinski definition) is 0. The molecule has 1 aromatic heterocycles. The lowest BCUT2D eigenvalue weighted by Crippen LogP contribution is -2.38. The Morgan fingerprint density at radius 1 is 1.38 bits per heavy atom. The molecule has 1 atom stereocenters. The zero-order valence-corrected chi connectivity index (χ0v) is 9.88. The summed E-state index contributed by atoms with van der Waals surface area (Å²) < 4.78 is 7.19. The summed E-state index contributed by atoms with van der Waals surface area (Å²) in [6.07, 6.45) is 6.19. The van der Waals surface area contributed by atoms with Gasteiger partial charge in [0.1, 0.15) is 12.7 Å². The highest BCUT2D eigenvalue weighted by molar-refractivity contribution is 4.74. The van der Waals surface area contributed by atoms with Crippen molar-refractivity contribution in [3.63, 3.8) is 0 Å². The van der Waals surface area contributed by atoms with Crippen molar-refractivity contribution in [3.05, 3.63) is 12.7 Å². The number of aromatic nitrogens is 3. The molecular formula is C11H20N4O. The third-order valence-corrected chi connectivity index (χ3v) is 3.15. The van der Waals surface area contributed by atoms with Gasteiger partial charge in [-0.25, -0.2) is 0 Å². The zero-order valence-electron chi connectivity index (χ0n) is 9.88. The molecule has 0 saturated carbocycles. The van der Waals surface area contributed by atoms with E-state index in [1.54, 1.807) is 19.8 Å². The smallest absolute Gasteiger partial charge is 0.119 e. The van der Waals surface area contributed by atoms with Crippen LogP contribution in [0.5, 0.6) is 0 Å². The van der Waals surface area contributed by atoms with Gasteiger partial charge in [0.15, 0.2) is 0 Å². The number of rotatable bonds is 5. The average molecular weight is 224 g/mol. The van der Waals surface area contributed by atoms with E-state index in [4.69, 9.17) is 4.74 Å². The summed E-state index contributed by atoms with van der Waals surface area (Å²) in [6, 6.07) is 0. The van der Waals surface area contributed by atoms with Gasteiger partial charge in [0.05, 0.1) is 6.61 Å². The molecule has 1 aliphatic rings. The molecule has 2 heterocycles. The molecule has 0 unspecified atom stereocenters. The molecule has 1 aromatic rings. The lowest BCUT2D eigenvalue weighted by molar-refractivity contribution is 0.110. The number of ether oxygens (including phenoxy) is 1. The number of methoxy groups -OCH3 is 1. The van der Waals surface area contributed by atoms with E-state index >= 15 is 0 Å². The number of nitrogens with zero attached hydrogens (tertiary/aromatic N) is 4. The fraction of sp³-hybridized carbons (Fsp3) is 0.818. The van der Waals surface area contributed by atoms with Gasteiger partial charge in [0.2, 0.25) is 0 Å². The molecule has 0 N–H and O–H groups in total. The summed E-state index contributed by atoms with van der Waals surface area (Å²) in [6.45, 7) is 5.30. The lowest BCUT2D eigenvalue weighted by Gasteiger charge is -2.32. The second-order valence-corrected chi connectivity index (χ2v) is 4.46. The molecule has 0 amide bonds. The van der Waals surface area contributed by atoms with Crippen LogP contribution in [0.2, 0.25) is 0 Å². The van der Waals surface area contributed by atoms with Crippen LogP contribution in [0.1, 0.15) is 12.8 Å². The Morgan fingerprint density at radius 3 is 2.94 bits per heavy atom. The van der Waals surface area contributed by atoms with E-state index in [0.29, 0.717) is 0 Å². The molecule has 0 aromatic carbocycles. The van der Waals surface area contributed by atoms with Crippen LogP contribution in [-0.2, 0) is 11.3 Å². The lowest BCUT2D eigenvalue weighted by atomic mass is 9.98. The van der Waals surface area contributed by atoms with Crippen LogP contribution in [0.15, 0.2) is 12.7 Å². The Bertz CT molecular complexity index is 288. The van der Waals surface area contributed by atoms with E-state index in [9.17, 15) is 0 Å². The minimum Gasteiger partial charge on any atom is -0.383 e. The highest BCUT2D eigenvalue weighted by Gasteiger charge is 2.19. The maximum Gasteiger partial charge on any atom is 0.119 e. The molecule has 1 saturated heterocycles. The monoisotopic (exact) mass is 224 g/mol. The van der Waals surface area contributed by atoms with Crippen molar-refractivity contribution < 1.29 is 4.74 Å². The predicted octanol–water partition coefficient (Wildman–Crippen LogP) is 0.636. The SMILES string of the molecule is COCCN1CCC[C@H](Cn2cnnc2)C1. The van der Waals surface area contributed by atoms with Crippen molar-refractivity contribution in [3.8, 4) is 0 Å². The first kappa shape index (κ1) is 11.5. The molecule has 0 radical (unpaired) electrons. The first-order valence-corrected chi connectivity index (χ1v) is 5.92. The zero-order chi connectivity index (χ0) is 11.2. The van der Waals surface area contributed by atoms with Gasteiger partial charge < -0.3 is 14.2 Å². The first-order chi connectivity index (χ1) is 7.88. The second-order valence-electron chi connectivity index (χ2n) is 4.46. The molecule has 90 valence electrons. The summed E-state index contributed by atoms with van der Waals surface area (Å²) in [5.41, 5.74) is 0. The van der Waals surface area contributed by atoms with E-state index in [0.717, 1.165) is 25.6 Å². The van der Waals surface area contributed by atoms with Crippen molar-refractivity contribution in [2.75, 3.05) is 33.4 Å². The highest BCUT2D eigenvalue weighted by atomic mass is 16.5. The topological polar surface area (TPSA) is 43.2 Å². The molecule has 0 aliphatic carbocycles. The van der Waals surface area contributed by atoms with Crippen molar-refractivity contribution >= 4 is 0 Å². The third kappa shape index (κ3) is 3.28. The fourth-order valence-corrected chi connectivity index (χ4v) is 2.34. The van der Waals surface area contributed by atoms with Crippen molar-refractivity contribution in [1.29, 1.82) is 0 Å². The molecule has 5 heteroatoms. The van der Waals surface area contributed by atoms with Gasteiger partial charge >= 0.3 is 0 Å². The quantitative estimate of drug-likeness (QED) is 0.736. The van der Waals surface area contributed by atoms with Gasteiger partial charge in [-0.15, -0.1) is 10.2 Å². The Hall–Kier alpha value is -0.940. The minimum atomic E-state index is 0.724. The van der Waals surface area contributed by atoms with Gasteiger partial charge in [-0.05, 0) is 25.3 Å². The van der Waals surface area contributed by atoms with Gasteiger partial charge in [0, 0.05) is 26.7 Å². The maximum absolute atomic E-state index is 5.12. The Labute approximate surface area is 96.4 Å². The van der Waals surface area contributed by atoms with Gasteiger partial charge in [-0.2, -0.15) is 0 Å². The second kappa shape index (κ2) is 5.96. The van der Waals surface area contributed by atoms with Crippen molar-refractivity contribution in [2.45, 2.75) is 19.4 Å². The average Bonchev–Trinajstić information content (AvgIpc) is 2.80. The van der Waals surface area contributed by atoms with Crippen molar-refractivity contribution in [1.82, 2.24) is 19.7 Å². The molecule has 2 rings (SSSR count). The van der Waals surface area contributed by atoms with Crippen LogP contribution >= 0.6 is 0 Å². The molecule has 0 bridgehead atoms. The molecule has 1 fully saturated rings. The molecule has 16 heavy (non-hydrogen) atoms. The first-order valence-electron chi connectivity index (χ1n) is 5.92. The fourth-order valence-electron chi connectivity index (χ4n) is 2.34. The number of likely N-dealkylation sites (tertiary alicyclic amines) is 1. The standard InChI is InChI=1S/C11H20N4O/c1-16-6-5-14-4-2-3-11(7-14)8-15-9-12-13-10-15/h9-11H,2-8H2,1H3/t11-/m0/s1. The van der Waals surface area contributed by atoms with Crippen LogP contribution in [0.4, 0.5) is 0 Å². The Balaban J connectivity index is 1.77. The van der Waals surface area contributed by atoms with Gasteiger partial charge in [-0.1, -0.05) is 0 Å². The van der Waals surface area contributed by atoms with Crippen LogP contribution in [0.3, 0.4) is 0 Å². The number of hydrogen-bond acceptors (Lipinski definition) is 4. The normalized spacial score (nSPS) is 22.4. The van der Waals surface area contributed by atoms with Crippen LogP contribution in [0, 0.1) is 5.92 Å². The summed E-state index contributed by atoms with van der Waals surface area (Å²) in [4.78, 5) is 2.49. The Kier molecular flexibility index (Phi) is 4.30. The van der Waals surface area contributed by atoms with E-state index in [1.807, 2.05) is 0 Å². The van der Waals surface area contributed by atoms with Gasteiger partial charge in [0.25, 0.3) is 0 Å². The molecule has 1 aliphatic heterocycles. The molecule has 5 nitrogen and oxygen atoms in total. The highest BCUT2D eigenvalue weighted by Crippen LogP contribution is 2.17. The summed E-state index contributed by atoms with van der Waals surface area (Å²) >= 11 is 0. The summed E-state index contributed by atoms with van der Waals surface area (Å²) in [5, 5.41) is 7.67. The number of piperidine rings is 1. The van der Waals surface area contributed by atoms with E-state index in [1.165, 1.54) is 25.9 Å². The van der Waals surface area contributed by atoms with E-state index < -0.39 is 0 Å². The van der Waals surface area contributed by atoms with Crippen LogP contribution in [0.25, 0.3) is 0 Å². The van der Waals surface area contributed by atoms with E-state index in [2.05, 4.69) is 19.7 Å². The van der Waals surface area contributed by atoms with E-state index in [-0.39, 0.29) is 0 Å². The van der Waals surface area contributed by atoms with Crippen LogP contribution in [-0.4, -0.2) is 53.0 Å². The van der Waals surface area contributed by atoms with Crippen LogP contribution < -0.4 is 0 Å². The summed E-state index contributed by atoms with van der Waals surface area (Å²) in [7, 11) is 1.76.